The van der Waals surface area contributed by atoms with E-state index >= 15 is 0 Å². The second kappa shape index (κ2) is 6.48. The first-order chi connectivity index (χ1) is 11.8. The summed E-state index contributed by atoms with van der Waals surface area (Å²) in [6, 6.07) is 9.14. The molecule has 0 aliphatic carbocycles. The Morgan fingerprint density at radius 1 is 1.16 bits per heavy atom. The zero-order valence-electron chi connectivity index (χ0n) is 13.4. The Labute approximate surface area is 146 Å². The molecular weight excluding hydrogens is 357 g/mol. The average molecular weight is 371 g/mol. The minimum Gasteiger partial charge on any atom is -0.494 e. The van der Waals surface area contributed by atoms with Gasteiger partial charge in [0.25, 0.3) is 0 Å². The Balaban J connectivity index is 2.29. The van der Waals surface area contributed by atoms with Crippen molar-refractivity contribution in [3.63, 3.8) is 0 Å². The maximum absolute atomic E-state index is 13.5. The minimum atomic E-state index is -4.64. The highest BCUT2D eigenvalue weighted by Gasteiger charge is 2.38. The molecule has 0 aliphatic heterocycles. The number of hydrogen-bond acceptors (Lipinski definition) is 3. The molecule has 0 spiro atoms. The molecule has 0 saturated heterocycles. The first-order valence-electron chi connectivity index (χ1n) is 7.41. The molecule has 4 nitrogen and oxygen atoms in total. The number of imidazole rings is 1. The highest BCUT2D eigenvalue weighted by molar-refractivity contribution is 6.31. The van der Waals surface area contributed by atoms with Gasteiger partial charge in [0.05, 0.1) is 19.2 Å². The van der Waals surface area contributed by atoms with Crippen molar-refractivity contribution in [1.29, 1.82) is 0 Å². The number of halogens is 4. The lowest BCUT2D eigenvalue weighted by atomic mass is 10.2. The number of methoxy groups -OCH3 is 1. The van der Waals surface area contributed by atoms with Crippen LogP contribution < -0.4 is 9.47 Å². The smallest absolute Gasteiger partial charge is 0.450 e. The molecule has 3 rings (SSSR count). The van der Waals surface area contributed by atoms with Gasteiger partial charge in [0, 0.05) is 16.8 Å². The van der Waals surface area contributed by atoms with Gasteiger partial charge in [-0.05, 0) is 37.3 Å². The lowest BCUT2D eigenvalue weighted by Crippen LogP contribution is -2.13. The highest BCUT2D eigenvalue weighted by atomic mass is 35.5. The Morgan fingerprint density at radius 3 is 2.40 bits per heavy atom. The first kappa shape index (κ1) is 17.4. The summed E-state index contributed by atoms with van der Waals surface area (Å²) >= 11 is 6.03. The van der Waals surface area contributed by atoms with Gasteiger partial charge < -0.3 is 9.47 Å². The predicted octanol–water partition coefficient (Wildman–Crippen LogP) is 5.11. The molecule has 1 heterocycles. The van der Waals surface area contributed by atoms with Crippen LogP contribution in [0.2, 0.25) is 5.02 Å². The monoisotopic (exact) mass is 370 g/mol. The second-order valence-electron chi connectivity index (χ2n) is 5.17. The highest BCUT2D eigenvalue weighted by Crippen LogP contribution is 2.38. The molecule has 2 aromatic carbocycles. The number of ether oxygens (including phenoxy) is 2. The summed E-state index contributed by atoms with van der Waals surface area (Å²) in [6.07, 6.45) is -4.64. The van der Waals surface area contributed by atoms with Gasteiger partial charge in [0.15, 0.2) is 0 Å². The maximum Gasteiger partial charge on any atom is 0.450 e. The fourth-order valence-corrected chi connectivity index (χ4v) is 2.78. The van der Waals surface area contributed by atoms with Crippen LogP contribution in [-0.2, 0) is 6.18 Å². The van der Waals surface area contributed by atoms with Crippen LogP contribution in [0, 0.1) is 0 Å². The molecule has 0 unspecified atom stereocenters. The summed E-state index contributed by atoms with van der Waals surface area (Å²) in [4.78, 5) is 3.75. The van der Waals surface area contributed by atoms with Gasteiger partial charge in [0.2, 0.25) is 5.82 Å². The Morgan fingerprint density at radius 2 is 1.84 bits per heavy atom. The van der Waals surface area contributed by atoms with Crippen LogP contribution in [0.4, 0.5) is 13.2 Å². The largest absolute Gasteiger partial charge is 0.494 e. The quantitative estimate of drug-likeness (QED) is 0.640. The van der Waals surface area contributed by atoms with E-state index in [-0.39, 0.29) is 21.8 Å². The molecule has 0 amide bonds. The van der Waals surface area contributed by atoms with Gasteiger partial charge in [-0.25, -0.2) is 4.98 Å². The molecule has 1 aromatic heterocycles. The van der Waals surface area contributed by atoms with Crippen molar-refractivity contribution >= 4 is 22.6 Å². The number of nitrogens with zero attached hydrogens (tertiary/aromatic N) is 2. The van der Waals surface area contributed by atoms with E-state index in [4.69, 9.17) is 21.1 Å². The zero-order valence-corrected chi connectivity index (χ0v) is 14.1. The van der Waals surface area contributed by atoms with Crippen LogP contribution >= 0.6 is 11.6 Å². The van der Waals surface area contributed by atoms with Crippen molar-refractivity contribution in [1.82, 2.24) is 9.55 Å². The van der Waals surface area contributed by atoms with Crippen LogP contribution in [0.5, 0.6) is 11.5 Å². The Hall–Kier alpha value is -2.41. The number of alkyl halides is 3. The molecule has 3 aromatic rings. The van der Waals surface area contributed by atoms with Crippen LogP contribution in [0.1, 0.15) is 12.7 Å². The van der Waals surface area contributed by atoms with Crippen LogP contribution in [0.25, 0.3) is 16.7 Å². The lowest BCUT2D eigenvalue weighted by Gasteiger charge is -2.12. The van der Waals surface area contributed by atoms with Gasteiger partial charge in [-0.3, -0.25) is 4.57 Å². The molecule has 0 fully saturated rings. The standard InChI is InChI=1S/C17H14ClF3N2O2/c1-3-25-12-6-4-11(5-7-12)23-13-8-10(18)9-14(24-2)15(13)22-16(23)17(19,20)21/h4-9H,3H2,1-2H3. The second-order valence-corrected chi connectivity index (χ2v) is 5.61. The molecule has 25 heavy (non-hydrogen) atoms. The normalized spacial score (nSPS) is 11.8. The van der Waals surface area contributed by atoms with Crippen molar-refractivity contribution in [2.45, 2.75) is 13.1 Å². The third-order valence-electron chi connectivity index (χ3n) is 3.57. The van der Waals surface area contributed by atoms with Gasteiger partial charge >= 0.3 is 6.18 Å². The van der Waals surface area contributed by atoms with Gasteiger partial charge in [-0.2, -0.15) is 13.2 Å². The molecule has 132 valence electrons. The van der Waals surface area contributed by atoms with Crippen LogP contribution in [0.15, 0.2) is 36.4 Å². The molecule has 0 N–H and O–H groups in total. The fourth-order valence-electron chi connectivity index (χ4n) is 2.58. The van der Waals surface area contributed by atoms with Crippen molar-refractivity contribution in [3.8, 4) is 17.2 Å². The van der Waals surface area contributed by atoms with Gasteiger partial charge in [-0.1, -0.05) is 11.6 Å². The molecule has 0 bridgehead atoms. The van der Waals surface area contributed by atoms with Crippen molar-refractivity contribution < 1.29 is 22.6 Å². The molecular formula is C17H14ClF3N2O2. The summed E-state index contributed by atoms with van der Waals surface area (Å²) in [5.74, 6) is -0.301. The number of aromatic nitrogens is 2. The van der Waals surface area contributed by atoms with Gasteiger partial charge in [0.1, 0.15) is 17.0 Å². The molecule has 0 atom stereocenters. The van der Waals surface area contributed by atoms with Gasteiger partial charge in [-0.15, -0.1) is 0 Å². The van der Waals surface area contributed by atoms with E-state index in [2.05, 4.69) is 4.98 Å². The number of fused-ring (bicyclic) bond motifs is 1. The molecule has 0 saturated carbocycles. The molecule has 0 aliphatic rings. The Kier molecular flexibility index (Phi) is 4.51. The van der Waals surface area contributed by atoms with E-state index in [1.165, 1.54) is 31.4 Å². The van der Waals surface area contributed by atoms with Crippen LogP contribution in [-0.4, -0.2) is 23.3 Å². The summed E-state index contributed by atoms with van der Waals surface area (Å²) < 4.78 is 52.1. The number of benzene rings is 2. The topological polar surface area (TPSA) is 36.3 Å². The third-order valence-corrected chi connectivity index (χ3v) is 3.79. The lowest BCUT2D eigenvalue weighted by molar-refractivity contribution is -0.145. The van der Waals surface area contributed by atoms with E-state index in [0.717, 1.165) is 4.57 Å². The fraction of sp³-hybridized carbons (Fsp3) is 0.235. The summed E-state index contributed by atoms with van der Waals surface area (Å²) in [7, 11) is 1.36. The minimum absolute atomic E-state index is 0.0908. The van der Waals surface area contributed by atoms with E-state index in [1.807, 2.05) is 6.92 Å². The Bertz CT molecular complexity index is 905. The predicted molar refractivity (Wildman–Crippen MR) is 88.8 cm³/mol. The number of rotatable bonds is 4. The SMILES string of the molecule is CCOc1ccc(-n2c(C(F)(F)F)nc3c(OC)cc(Cl)cc32)cc1. The summed E-state index contributed by atoms with van der Waals surface area (Å²) in [5.41, 5.74) is 0.594. The van der Waals surface area contributed by atoms with Crippen molar-refractivity contribution in [3.05, 3.63) is 47.2 Å². The maximum atomic E-state index is 13.5. The summed E-state index contributed by atoms with van der Waals surface area (Å²) in [6.45, 7) is 2.29. The van der Waals surface area contributed by atoms with Crippen LogP contribution in [0.3, 0.4) is 0 Å². The number of hydrogen-bond donors (Lipinski definition) is 0. The summed E-state index contributed by atoms with van der Waals surface area (Å²) in [5, 5.41) is 0.255. The van der Waals surface area contributed by atoms with E-state index in [0.29, 0.717) is 18.0 Å². The average Bonchev–Trinajstić information content (AvgIpc) is 2.94. The molecule has 8 heteroatoms. The third kappa shape index (κ3) is 3.24. The zero-order chi connectivity index (χ0) is 18.2. The van der Waals surface area contributed by atoms with Crippen molar-refractivity contribution in [2.24, 2.45) is 0 Å². The van der Waals surface area contributed by atoms with E-state index in [9.17, 15) is 13.2 Å². The van der Waals surface area contributed by atoms with Crippen molar-refractivity contribution in [2.75, 3.05) is 13.7 Å². The van der Waals surface area contributed by atoms with E-state index in [1.54, 1.807) is 12.1 Å². The van der Waals surface area contributed by atoms with E-state index < -0.39 is 12.0 Å². The molecule has 0 radical (unpaired) electrons. The first-order valence-corrected chi connectivity index (χ1v) is 7.79.